The number of nitrogens with zero attached hydrogens (tertiary/aromatic N) is 1. The molecule has 5 heteroatoms. The summed E-state index contributed by atoms with van der Waals surface area (Å²) in [5.41, 5.74) is 0.747. The van der Waals surface area contributed by atoms with Crippen LogP contribution in [0.4, 0.5) is 0 Å². The zero-order chi connectivity index (χ0) is 16.0. The Balaban J connectivity index is 2.58. The lowest BCUT2D eigenvalue weighted by Gasteiger charge is -2.25. The van der Waals surface area contributed by atoms with Crippen LogP contribution in [0.2, 0.25) is 5.02 Å². The normalized spacial score (nSPS) is 11.1. The molecule has 0 saturated carbocycles. The van der Waals surface area contributed by atoms with E-state index >= 15 is 0 Å². The van der Waals surface area contributed by atoms with Gasteiger partial charge in [0.1, 0.15) is 0 Å². The molecule has 0 spiro atoms. The molecule has 0 aliphatic heterocycles. The number of carbonyl (C=O) groups excluding carboxylic acids is 2. The Morgan fingerprint density at radius 2 is 1.95 bits per heavy atom. The SMILES string of the molecule is CC(=O)N(CCc1cccc(Cl)c1)CC(=O)NC(C)(C)C. The van der Waals surface area contributed by atoms with Crippen LogP contribution in [0.3, 0.4) is 0 Å². The molecule has 1 aromatic carbocycles. The summed E-state index contributed by atoms with van der Waals surface area (Å²) in [6.07, 6.45) is 0.670. The van der Waals surface area contributed by atoms with Gasteiger partial charge in [-0.2, -0.15) is 0 Å². The Labute approximate surface area is 131 Å². The van der Waals surface area contributed by atoms with E-state index in [0.717, 1.165) is 5.56 Å². The van der Waals surface area contributed by atoms with E-state index in [1.54, 1.807) is 4.90 Å². The highest BCUT2D eigenvalue weighted by Crippen LogP contribution is 2.11. The number of nitrogens with one attached hydrogen (secondary N) is 1. The lowest BCUT2D eigenvalue weighted by atomic mass is 10.1. The van der Waals surface area contributed by atoms with Crippen molar-refractivity contribution in [1.82, 2.24) is 10.2 Å². The molecule has 1 aromatic rings. The molecule has 0 heterocycles. The second-order valence-electron chi connectivity index (χ2n) is 6.12. The highest BCUT2D eigenvalue weighted by atomic mass is 35.5. The van der Waals surface area contributed by atoms with Gasteiger partial charge < -0.3 is 10.2 Å². The van der Waals surface area contributed by atoms with Crippen LogP contribution in [0, 0.1) is 0 Å². The molecule has 21 heavy (non-hydrogen) atoms. The molecular formula is C16H23ClN2O2. The van der Waals surface area contributed by atoms with Crippen molar-refractivity contribution in [3.63, 3.8) is 0 Å². The van der Waals surface area contributed by atoms with E-state index in [-0.39, 0.29) is 23.9 Å². The Kier molecular flexibility index (Phi) is 6.21. The quantitative estimate of drug-likeness (QED) is 0.909. The van der Waals surface area contributed by atoms with Crippen LogP contribution in [-0.4, -0.2) is 35.3 Å². The Hall–Kier alpha value is -1.55. The summed E-state index contributed by atoms with van der Waals surface area (Å²) in [7, 11) is 0. The molecule has 0 aliphatic rings. The lowest BCUT2D eigenvalue weighted by Crippen LogP contribution is -2.47. The predicted molar refractivity (Wildman–Crippen MR) is 85.3 cm³/mol. The van der Waals surface area contributed by atoms with Crippen molar-refractivity contribution < 1.29 is 9.59 Å². The van der Waals surface area contributed by atoms with Crippen LogP contribution in [-0.2, 0) is 16.0 Å². The highest BCUT2D eigenvalue weighted by Gasteiger charge is 2.18. The third-order valence-corrected chi connectivity index (χ3v) is 3.09. The number of hydrogen-bond acceptors (Lipinski definition) is 2. The van der Waals surface area contributed by atoms with Gasteiger partial charge in [-0.15, -0.1) is 0 Å². The van der Waals surface area contributed by atoms with Gasteiger partial charge in [-0.25, -0.2) is 0 Å². The van der Waals surface area contributed by atoms with E-state index in [0.29, 0.717) is 18.0 Å². The third kappa shape index (κ3) is 7.14. The fourth-order valence-corrected chi connectivity index (χ4v) is 2.15. The second kappa shape index (κ2) is 7.46. The maximum atomic E-state index is 11.9. The maximum Gasteiger partial charge on any atom is 0.240 e. The first-order valence-corrected chi connectivity index (χ1v) is 7.36. The van der Waals surface area contributed by atoms with Crippen LogP contribution in [0.1, 0.15) is 33.3 Å². The predicted octanol–water partition coefficient (Wildman–Crippen LogP) is 2.65. The van der Waals surface area contributed by atoms with Gasteiger partial charge >= 0.3 is 0 Å². The molecule has 0 atom stereocenters. The lowest BCUT2D eigenvalue weighted by molar-refractivity contribution is -0.134. The van der Waals surface area contributed by atoms with Crippen molar-refractivity contribution in [3.05, 3.63) is 34.9 Å². The molecule has 0 bridgehead atoms. The van der Waals surface area contributed by atoms with Gasteiger partial charge in [0.2, 0.25) is 11.8 Å². The van der Waals surface area contributed by atoms with Gasteiger partial charge in [0, 0.05) is 24.0 Å². The van der Waals surface area contributed by atoms with Crippen LogP contribution >= 0.6 is 11.6 Å². The molecule has 0 aliphatic carbocycles. The van der Waals surface area contributed by atoms with E-state index in [4.69, 9.17) is 11.6 Å². The Bertz CT molecular complexity index is 509. The second-order valence-corrected chi connectivity index (χ2v) is 6.56. The molecular weight excluding hydrogens is 288 g/mol. The number of halogens is 1. The maximum absolute atomic E-state index is 11.9. The van der Waals surface area contributed by atoms with Crippen LogP contribution in [0.5, 0.6) is 0 Å². The van der Waals surface area contributed by atoms with E-state index in [1.165, 1.54) is 6.92 Å². The minimum Gasteiger partial charge on any atom is -0.350 e. The molecule has 0 fully saturated rings. The molecule has 1 N–H and O–H groups in total. The first-order chi connectivity index (χ1) is 9.67. The van der Waals surface area contributed by atoms with E-state index in [1.807, 2.05) is 45.0 Å². The fraction of sp³-hybridized carbons (Fsp3) is 0.500. The Morgan fingerprint density at radius 1 is 1.29 bits per heavy atom. The number of benzene rings is 1. The first kappa shape index (κ1) is 17.5. The highest BCUT2D eigenvalue weighted by molar-refractivity contribution is 6.30. The summed E-state index contributed by atoms with van der Waals surface area (Å²) in [5, 5.41) is 3.53. The zero-order valence-corrected chi connectivity index (χ0v) is 13.8. The van der Waals surface area contributed by atoms with Crippen LogP contribution in [0.15, 0.2) is 24.3 Å². The number of hydrogen-bond donors (Lipinski definition) is 1. The summed E-state index contributed by atoms with van der Waals surface area (Å²) in [4.78, 5) is 25.1. The molecule has 116 valence electrons. The van der Waals surface area contributed by atoms with Crippen molar-refractivity contribution in [2.24, 2.45) is 0 Å². The van der Waals surface area contributed by atoms with Gasteiger partial charge in [0.15, 0.2) is 0 Å². The molecule has 0 aromatic heterocycles. The van der Waals surface area contributed by atoms with Gasteiger partial charge in [-0.3, -0.25) is 9.59 Å². The third-order valence-electron chi connectivity index (χ3n) is 2.85. The first-order valence-electron chi connectivity index (χ1n) is 6.98. The summed E-state index contributed by atoms with van der Waals surface area (Å²) in [6.45, 7) is 7.78. The molecule has 0 unspecified atom stereocenters. The van der Waals surface area contributed by atoms with Crippen molar-refractivity contribution in [2.75, 3.05) is 13.1 Å². The van der Waals surface area contributed by atoms with E-state index in [2.05, 4.69) is 5.32 Å². The summed E-state index contributed by atoms with van der Waals surface area (Å²) < 4.78 is 0. The van der Waals surface area contributed by atoms with Crippen molar-refractivity contribution in [2.45, 2.75) is 39.7 Å². The van der Waals surface area contributed by atoms with Crippen molar-refractivity contribution in [1.29, 1.82) is 0 Å². The summed E-state index contributed by atoms with van der Waals surface area (Å²) in [5.74, 6) is -0.259. The minimum atomic E-state index is -0.299. The Morgan fingerprint density at radius 3 is 2.48 bits per heavy atom. The molecule has 2 amide bonds. The number of carbonyl (C=O) groups is 2. The smallest absolute Gasteiger partial charge is 0.240 e. The van der Waals surface area contributed by atoms with Gasteiger partial charge in [-0.1, -0.05) is 23.7 Å². The van der Waals surface area contributed by atoms with Crippen LogP contribution in [0.25, 0.3) is 0 Å². The van der Waals surface area contributed by atoms with Crippen LogP contribution < -0.4 is 5.32 Å². The van der Waals surface area contributed by atoms with Gasteiger partial charge in [-0.05, 0) is 44.9 Å². The monoisotopic (exact) mass is 310 g/mol. The number of amides is 2. The average molecular weight is 311 g/mol. The minimum absolute atomic E-state index is 0.0766. The number of rotatable bonds is 5. The van der Waals surface area contributed by atoms with Gasteiger partial charge in [0.05, 0.1) is 6.54 Å². The average Bonchev–Trinajstić information content (AvgIpc) is 2.32. The molecule has 1 rings (SSSR count). The fourth-order valence-electron chi connectivity index (χ4n) is 1.94. The summed E-state index contributed by atoms with van der Waals surface area (Å²) >= 11 is 5.94. The largest absolute Gasteiger partial charge is 0.350 e. The zero-order valence-electron chi connectivity index (χ0n) is 13.1. The molecule has 0 saturated heterocycles. The molecule has 4 nitrogen and oxygen atoms in total. The van der Waals surface area contributed by atoms with E-state index < -0.39 is 0 Å². The topological polar surface area (TPSA) is 49.4 Å². The molecule has 0 radical (unpaired) electrons. The van der Waals surface area contributed by atoms with Gasteiger partial charge in [0.25, 0.3) is 0 Å². The van der Waals surface area contributed by atoms with Crippen molar-refractivity contribution >= 4 is 23.4 Å². The van der Waals surface area contributed by atoms with Crippen molar-refractivity contribution in [3.8, 4) is 0 Å². The van der Waals surface area contributed by atoms with E-state index in [9.17, 15) is 9.59 Å². The standard InChI is InChI=1S/C16H23ClN2O2/c1-12(20)19(11-15(21)18-16(2,3)4)9-8-13-6-5-7-14(17)10-13/h5-7,10H,8-9,11H2,1-4H3,(H,18,21). The summed E-state index contributed by atoms with van der Waals surface area (Å²) in [6, 6.07) is 7.52.